The number of anilines is 1. The van der Waals surface area contributed by atoms with E-state index in [1.165, 1.54) is 0 Å². The number of para-hydroxylation sites is 1. The van der Waals surface area contributed by atoms with Crippen LogP contribution in [0.2, 0.25) is 5.02 Å². The van der Waals surface area contributed by atoms with Gasteiger partial charge in [0.1, 0.15) is 6.04 Å². The Hall–Kier alpha value is -2.33. The molecule has 1 unspecified atom stereocenters. The average Bonchev–Trinajstić information content (AvgIpc) is 3.06. The van der Waals surface area contributed by atoms with E-state index in [1.54, 1.807) is 15.9 Å². The Kier molecular flexibility index (Phi) is 3.77. The quantitative estimate of drug-likeness (QED) is 0.839. The first kappa shape index (κ1) is 15.2. The fraction of sp³-hybridized carbons (Fsp3) is 0.263. The molecule has 2 aromatic carbocycles. The van der Waals surface area contributed by atoms with Crippen molar-refractivity contribution in [1.82, 2.24) is 4.90 Å². The molecule has 0 N–H and O–H groups in total. The molecule has 0 aliphatic carbocycles. The van der Waals surface area contributed by atoms with Crippen molar-refractivity contribution >= 4 is 29.1 Å². The molecule has 4 nitrogen and oxygen atoms in total. The molecule has 1 saturated heterocycles. The predicted molar refractivity (Wildman–Crippen MR) is 93.1 cm³/mol. The minimum atomic E-state index is -0.357. The molecule has 122 valence electrons. The molecule has 2 aliphatic rings. The van der Waals surface area contributed by atoms with Gasteiger partial charge in [-0.25, -0.2) is 0 Å². The Morgan fingerprint density at radius 1 is 1.08 bits per heavy atom. The van der Waals surface area contributed by atoms with Crippen molar-refractivity contribution in [1.29, 1.82) is 0 Å². The standard InChI is InChI=1S/C19H17ClN2O2/c20-14-6-3-5-13(11-14)12-22-16-8-2-1-7-15(16)18(23)21-10-4-9-17(21)19(22)24/h1-3,5-8,11,17H,4,9-10,12H2. The maximum absolute atomic E-state index is 13.1. The zero-order valence-electron chi connectivity index (χ0n) is 13.1. The third-order valence-corrected chi connectivity index (χ3v) is 4.95. The van der Waals surface area contributed by atoms with Crippen LogP contribution in [0.15, 0.2) is 48.5 Å². The fourth-order valence-corrected chi connectivity index (χ4v) is 3.80. The fourth-order valence-electron chi connectivity index (χ4n) is 3.59. The van der Waals surface area contributed by atoms with E-state index in [0.29, 0.717) is 29.4 Å². The lowest BCUT2D eigenvalue weighted by Crippen LogP contribution is -2.44. The van der Waals surface area contributed by atoms with Gasteiger partial charge in [-0.05, 0) is 42.7 Å². The number of hydrogen-bond donors (Lipinski definition) is 0. The molecule has 1 fully saturated rings. The second kappa shape index (κ2) is 5.95. The number of hydrogen-bond acceptors (Lipinski definition) is 2. The average molecular weight is 341 g/mol. The number of carbonyl (C=O) groups excluding carboxylic acids is 2. The van der Waals surface area contributed by atoms with E-state index in [2.05, 4.69) is 0 Å². The van der Waals surface area contributed by atoms with E-state index in [-0.39, 0.29) is 17.9 Å². The van der Waals surface area contributed by atoms with Gasteiger partial charge in [0.25, 0.3) is 5.91 Å². The number of carbonyl (C=O) groups is 2. The molecular formula is C19H17ClN2O2. The Bertz CT molecular complexity index is 821. The van der Waals surface area contributed by atoms with Gasteiger partial charge in [0.2, 0.25) is 5.91 Å². The Morgan fingerprint density at radius 3 is 2.75 bits per heavy atom. The van der Waals surface area contributed by atoms with Crippen molar-refractivity contribution < 1.29 is 9.59 Å². The van der Waals surface area contributed by atoms with Gasteiger partial charge in [0.05, 0.1) is 17.8 Å². The summed E-state index contributed by atoms with van der Waals surface area (Å²) in [4.78, 5) is 29.4. The monoisotopic (exact) mass is 340 g/mol. The van der Waals surface area contributed by atoms with E-state index in [1.807, 2.05) is 42.5 Å². The minimum absolute atomic E-state index is 0.00854. The SMILES string of the molecule is O=C1C2CCCN2C(=O)c2ccccc2N1Cc1cccc(Cl)c1. The Labute approximate surface area is 145 Å². The van der Waals surface area contributed by atoms with Crippen LogP contribution in [-0.2, 0) is 11.3 Å². The summed E-state index contributed by atoms with van der Waals surface area (Å²) in [5.41, 5.74) is 2.23. The van der Waals surface area contributed by atoms with Crippen LogP contribution >= 0.6 is 11.6 Å². The van der Waals surface area contributed by atoms with Gasteiger partial charge in [0.15, 0.2) is 0 Å². The molecule has 2 aliphatic heterocycles. The zero-order valence-corrected chi connectivity index (χ0v) is 13.9. The smallest absolute Gasteiger partial charge is 0.256 e. The van der Waals surface area contributed by atoms with Gasteiger partial charge >= 0.3 is 0 Å². The van der Waals surface area contributed by atoms with Gasteiger partial charge in [-0.3, -0.25) is 9.59 Å². The molecular weight excluding hydrogens is 324 g/mol. The van der Waals surface area contributed by atoms with E-state index < -0.39 is 0 Å². The number of nitrogens with zero attached hydrogens (tertiary/aromatic N) is 2. The van der Waals surface area contributed by atoms with Gasteiger partial charge in [-0.15, -0.1) is 0 Å². The van der Waals surface area contributed by atoms with Gasteiger partial charge in [0, 0.05) is 11.6 Å². The molecule has 0 aromatic heterocycles. The summed E-state index contributed by atoms with van der Waals surface area (Å²) in [7, 11) is 0. The normalized spacial score (nSPS) is 20.0. The van der Waals surface area contributed by atoms with Crippen molar-refractivity contribution in [2.75, 3.05) is 11.4 Å². The molecule has 2 heterocycles. The van der Waals surface area contributed by atoms with Crippen molar-refractivity contribution in [3.05, 3.63) is 64.7 Å². The van der Waals surface area contributed by atoms with Gasteiger partial charge in [-0.2, -0.15) is 0 Å². The lowest BCUT2D eigenvalue weighted by Gasteiger charge is -2.26. The second-order valence-electron chi connectivity index (χ2n) is 6.23. The van der Waals surface area contributed by atoms with E-state index in [0.717, 1.165) is 18.4 Å². The molecule has 0 spiro atoms. The number of amides is 2. The molecule has 1 atom stereocenters. The van der Waals surface area contributed by atoms with Crippen LogP contribution in [0.3, 0.4) is 0 Å². The summed E-state index contributed by atoms with van der Waals surface area (Å²) in [6.45, 7) is 1.06. The second-order valence-corrected chi connectivity index (χ2v) is 6.66. The highest BCUT2D eigenvalue weighted by Gasteiger charge is 2.41. The number of halogens is 1. The van der Waals surface area contributed by atoms with Gasteiger partial charge in [-0.1, -0.05) is 35.9 Å². The lowest BCUT2D eigenvalue weighted by molar-refractivity contribution is -0.122. The first-order valence-electron chi connectivity index (χ1n) is 8.11. The largest absolute Gasteiger partial charge is 0.327 e. The first-order valence-corrected chi connectivity index (χ1v) is 8.49. The first-order chi connectivity index (χ1) is 11.6. The van der Waals surface area contributed by atoms with Crippen LogP contribution in [0.5, 0.6) is 0 Å². The highest BCUT2D eigenvalue weighted by molar-refractivity contribution is 6.30. The minimum Gasteiger partial charge on any atom is -0.327 e. The van der Waals surface area contributed by atoms with Crippen molar-refractivity contribution in [2.45, 2.75) is 25.4 Å². The van der Waals surface area contributed by atoms with Crippen molar-refractivity contribution in [3.63, 3.8) is 0 Å². The lowest BCUT2D eigenvalue weighted by atomic mass is 10.1. The van der Waals surface area contributed by atoms with E-state index >= 15 is 0 Å². The van der Waals surface area contributed by atoms with Crippen molar-refractivity contribution in [2.24, 2.45) is 0 Å². The highest BCUT2D eigenvalue weighted by atomic mass is 35.5. The van der Waals surface area contributed by atoms with Gasteiger partial charge < -0.3 is 9.80 Å². The van der Waals surface area contributed by atoms with E-state index in [4.69, 9.17) is 11.6 Å². The summed E-state index contributed by atoms with van der Waals surface area (Å²) in [6, 6.07) is 14.5. The van der Waals surface area contributed by atoms with E-state index in [9.17, 15) is 9.59 Å². The van der Waals surface area contributed by atoms with Crippen LogP contribution in [0.25, 0.3) is 0 Å². The maximum atomic E-state index is 13.1. The molecule has 0 saturated carbocycles. The van der Waals surface area contributed by atoms with Crippen LogP contribution in [0, 0.1) is 0 Å². The van der Waals surface area contributed by atoms with Crippen molar-refractivity contribution in [3.8, 4) is 0 Å². The summed E-state index contributed by atoms with van der Waals surface area (Å²) in [5, 5.41) is 0.640. The predicted octanol–water partition coefficient (Wildman–Crippen LogP) is 3.49. The summed E-state index contributed by atoms with van der Waals surface area (Å²) in [5.74, 6) is -0.0548. The third kappa shape index (κ3) is 2.47. The Morgan fingerprint density at radius 2 is 1.92 bits per heavy atom. The van der Waals surface area contributed by atoms with Crippen LogP contribution in [0.4, 0.5) is 5.69 Å². The molecule has 5 heteroatoms. The molecule has 0 bridgehead atoms. The zero-order chi connectivity index (χ0) is 16.7. The summed E-state index contributed by atoms with van der Waals surface area (Å²) < 4.78 is 0. The maximum Gasteiger partial charge on any atom is 0.256 e. The number of rotatable bonds is 2. The summed E-state index contributed by atoms with van der Waals surface area (Å²) >= 11 is 6.08. The Balaban J connectivity index is 1.80. The molecule has 0 radical (unpaired) electrons. The van der Waals surface area contributed by atoms with Crippen LogP contribution < -0.4 is 4.90 Å². The van der Waals surface area contributed by atoms with Crippen LogP contribution in [0.1, 0.15) is 28.8 Å². The molecule has 4 rings (SSSR count). The number of benzene rings is 2. The third-order valence-electron chi connectivity index (χ3n) is 4.72. The highest BCUT2D eigenvalue weighted by Crippen LogP contribution is 2.33. The molecule has 2 amide bonds. The van der Waals surface area contributed by atoms with Crippen LogP contribution in [-0.4, -0.2) is 29.3 Å². The number of fused-ring (bicyclic) bond motifs is 2. The molecule has 24 heavy (non-hydrogen) atoms. The summed E-state index contributed by atoms with van der Waals surface area (Å²) in [6.07, 6.45) is 1.60. The molecule has 2 aromatic rings. The topological polar surface area (TPSA) is 40.6 Å².